The summed E-state index contributed by atoms with van der Waals surface area (Å²) in [7, 11) is 0. The van der Waals surface area contributed by atoms with Gasteiger partial charge in [-0.2, -0.15) is 0 Å². The lowest BCUT2D eigenvalue weighted by molar-refractivity contribution is -0.139. The number of carbonyl (C=O) groups excluding carboxylic acids is 2. The second-order valence-corrected chi connectivity index (χ2v) is 8.96. The molecule has 1 unspecified atom stereocenters. The largest absolute Gasteiger partial charge is 0.346 e. The molecule has 2 amide bonds. The van der Waals surface area contributed by atoms with Gasteiger partial charge in [-0.05, 0) is 46.7 Å². The lowest BCUT2D eigenvalue weighted by Crippen LogP contribution is -2.44. The van der Waals surface area contributed by atoms with Gasteiger partial charge >= 0.3 is 11.8 Å². The summed E-state index contributed by atoms with van der Waals surface area (Å²) in [6.45, 7) is 2.41. The topological polar surface area (TPSA) is 61.4 Å². The van der Waals surface area contributed by atoms with Crippen LogP contribution in [0.4, 0.5) is 0 Å². The Kier molecular flexibility index (Phi) is 7.02. The molecule has 0 fully saturated rings. The minimum absolute atomic E-state index is 0.0290. The fraction of sp³-hybridized carbons (Fsp3) is 0.250. The van der Waals surface area contributed by atoms with Crippen LogP contribution >= 0.6 is 22.9 Å². The number of nitrogens with one attached hydrogen (secondary N) is 2. The van der Waals surface area contributed by atoms with Crippen LogP contribution in [0, 0.1) is 0 Å². The van der Waals surface area contributed by atoms with E-state index < -0.39 is 11.8 Å². The molecular weight excluding hydrogens is 430 g/mol. The Hall–Kier alpha value is -2.67. The van der Waals surface area contributed by atoms with Gasteiger partial charge in [-0.1, -0.05) is 54.1 Å². The predicted molar refractivity (Wildman–Crippen MR) is 124 cm³/mol. The van der Waals surface area contributed by atoms with Crippen molar-refractivity contribution >= 4 is 34.8 Å². The van der Waals surface area contributed by atoms with E-state index in [9.17, 15) is 9.59 Å². The number of rotatable bonds is 6. The van der Waals surface area contributed by atoms with Crippen molar-refractivity contribution in [2.45, 2.75) is 25.6 Å². The summed E-state index contributed by atoms with van der Waals surface area (Å²) in [6, 6.07) is 19.8. The Morgan fingerprint density at radius 3 is 2.45 bits per heavy atom. The lowest BCUT2D eigenvalue weighted by Gasteiger charge is -2.35. The molecule has 1 aromatic heterocycles. The number of halogens is 1. The molecule has 0 bridgehead atoms. The smallest absolute Gasteiger partial charge is 0.309 e. The highest BCUT2D eigenvalue weighted by molar-refractivity contribution is 7.10. The van der Waals surface area contributed by atoms with E-state index in [-0.39, 0.29) is 12.6 Å². The highest BCUT2D eigenvalue weighted by atomic mass is 35.5. The first kappa shape index (κ1) is 21.6. The molecular formula is C24H24ClN3O2S. The van der Waals surface area contributed by atoms with Crippen molar-refractivity contribution < 1.29 is 9.59 Å². The molecule has 0 aliphatic carbocycles. The summed E-state index contributed by atoms with van der Waals surface area (Å²) in [5, 5.41) is 8.17. The normalized spacial score (nSPS) is 14.5. The van der Waals surface area contributed by atoms with Crippen LogP contribution in [0.5, 0.6) is 0 Å². The zero-order valence-corrected chi connectivity index (χ0v) is 18.6. The molecule has 0 saturated carbocycles. The van der Waals surface area contributed by atoms with Crippen molar-refractivity contribution in [1.82, 2.24) is 15.5 Å². The van der Waals surface area contributed by atoms with Crippen LogP contribution in [0.2, 0.25) is 5.02 Å². The summed E-state index contributed by atoms with van der Waals surface area (Å²) < 4.78 is 0. The standard InChI is InChI=1S/C24H24ClN3O2S/c25-20-9-7-17(8-10-20)14-26-23(29)24(30)27-15-21(22-6-3-13-31-22)28-12-11-18-4-1-2-5-19(18)16-28/h1-10,13,21H,11-12,14-16H2,(H,26,29)(H,27,30). The second-order valence-electron chi connectivity index (χ2n) is 7.54. The zero-order valence-electron chi connectivity index (χ0n) is 17.0. The SMILES string of the molecule is O=C(NCc1ccc(Cl)cc1)C(=O)NCC(c1cccs1)N1CCc2ccccc2C1. The summed E-state index contributed by atoms with van der Waals surface area (Å²) >= 11 is 7.55. The van der Waals surface area contributed by atoms with Crippen molar-refractivity contribution in [3.63, 3.8) is 0 Å². The van der Waals surface area contributed by atoms with Crippen molar-refractivity contribution in [1.29, 1.82) is 0 Å². The van der Waals surface area contributed by atoms with Crippen molar-refractivity contribution in [3.05, 3.63) is 92.6 Å². The molecule has 1 aliphatic heterocycles. The van der Waals surface area contributed by atoms with E-state index >= 15 is 0 Å². The summed E-state index contributed by atoms with van der Waals surface area (Å²) in [5.74, 6) is -1.25. The quantitative estimate of drug-likeness (QED) is 0.556. The Morgan fingerprint density at radius 2 is 1.71 bits per heavy atom. The van der Waals surface area contributed by atoms with Gasteiger partial charge in [-0.15, -0.1) is 11.3 Å². The third kappa shape index (κ3) is 5.53. The Labute approximate surface area is 191 Å². The van der Waals surface area contributed by atoms with E-state index in [4.69, 9.17) is 11.6 Å². The highest BCUT2D eigenvalue weighted by Crippen LogP contribution is 2.30. The first-order valence-electron chi connectivity index (χ1n) is 10.2. The molecule has 2 aromatic carbocycles. The second kappa shape index (κ2) is 10.1. The van der Waals surface area contributed by atoms with Gasteiger partial charge in [0.2, 0.25) is 0 Å². The number of hydrogen-bond acceptors (Lipinski definition) is 4. The minimum Gasteiger partial charge on any atom is -0.346 e. The van der Waals surface area contributed by atoms with Crippen LogP contribution in [0.1, 0.15) is 27.6 Å². The average molecular weight is 454 g/mol. The Bertz CT molecular complexity index is 1040. The van der Waals surface area contributed by atoms with E-state index in [1.807, 2.05) is 23.6 Å². The fourth-order valence-electron chi connectivity index (χ4n) is 3.81. The van der Waals surface area contributed by atoms with Crippen molar-refractivity contribution in [3.8, 4) is 0 Å². The molecule has 0 radical (unpaired) electrons. The Balaban J connectivity index is 1.36. The van der Waals surface area contributed by atoms with Gasteiger partial charge < -0.3 is 10.6 Å². The number of hydrogen-bond donors (Lipinski definition) is 2. The maximum atomic E-state index is 12.4. The van der Waals surface area contributed by atoms with Crippen LogP contribution in [0.3, 0.4) is 0 Å². The first-order chi connectivity index (χ1) is 15.1. The maximum absolute atomic E-state index is 12.4. The van der Waals surface area contributed by atoms with E-state index in [1.165, 1.54) is 16.0 Å². The zero-order chi connectivity index (χ0) is 21.6. The maximum Gasteiger partial charge on any atom is 0.309 e. The van der Waals surface area contributed by atoms with Crippen LogP contribution in [0.25, 0.3) is 0 Å². The molecule has 160 valence electrons. The molecule has 5 nitrogen and oxygen atoms in total. The molecule has 3 aromatic rings. The third-order valence-electron chi connectivity index (χ3n) is 5.50. The summed E-state index contributed by atoms with van der Waals surface area (Å²) in [4.78, 5) is 28.2. The van der Waals surface area contributed by atoms with Crippen LogP contribution < -0.4 is 10.6 Å². The number of benzene rings is 2. The van der Waals surface area contributed by atoms with Gasteiger partial charge in [-0.3, -0.25) is 14.5 Å². The number of fused-ring (bicyclic) bond motifs is 1. The van der Waals surface area contributed by atoms with Crippen molar-refractivity contribution in [2.24, 2.45) is 0 Å². The Morgan fingerprint density at radius 1 is 0.968 bits per heavy atom. The molecule has 1 atom stereocenters. The third-order valence-corrected chi connectivity index (χ3v) is 6.73. The van der Waals surface area contributed by atoms with Crippen molar-refractivity contribution in [2.75, 3.05) is 13.1 Å². The monoisotopic (exact) mass is 453 g/mol. The molecule has 4 rings (SSSR count). The van der Waals surface area contributed by atoms with Gasteiger partial charge in [0.25, 0.3) is 0 Å². The van der Waals surface area contributed by atoms with E-state index in [2.05, 4.69) is 45.9 Å². The average Bonchev–Trinajstić information content (AvgIpc) is 3.33. The van der Waals surface area contributed by atoms with Gasteiger partial charge in [0.05, 0.1) is 6.04 Å². The number of amides is 2. The first-order valence-corrected chi connectivity index (χ1v) is 11.5. The fourth-order valence-corrected chi connectivity index (χ4v) is 4.80. The lowest BCUT2D eigenvalue weighted by atomic mass is 9.98. The summed E-state index contributed by atoms with van der Waals surface area (Å²) in [6.07, 6.45) is 0.980. The van der Waals surface area contributed by atoms with Gasteiger partial charge in [-0.25, -0.2) is 0 Å². The minimum atomic E-state index is -0.635. The molecule has 1 aliphatic rings. The molecule has 7 heteroatoms. The van der Waals surface area contributed by atoms with E-state index in [1.54, 1.807) is 23.5 Å². The molecule has 2 heterocycles. The number of carbonyl (C=O) groups is 2. The van der Waals surface area contributed by atoms with Crippen LogP contribution in [-0.2, 0) is 29.1 Å². The molecule has 0 saturated heterocycles. The van der Waals surface area contributed by atoms with Gasteiger partial charge in [0, 0.05) is 36.1 Å². The van der Waals surface area contributed by atoms with Gasteiger partial charge in [0.15, 0.2) is 0 Å². The van der Waals surface area contributed by atoms with E-state index in [0.29, 0.717) is 11.6 Å². The summed E-state index contributed by atoms with van der Waals surface area (Å²) in [5.41, 5.74) is 3.59. The number of nitrogens with zero attached hydrogens (tertiary/aromatic N) is 1. The molecule has 0 spiro atoms. The van der Waals surface area contributed by atoms with Gasteiger partial charge in [0.1, 0.15) is 0 Å². The predicted octanol–water partition coefficient (Wildman–Crippen LogP) is 3.93. The highest BCUT2D eigenvalue weighted by Gasteiger charge is 2.26. The molecule has 31 heavy (non-hydrogen) atoms. The molecule has 2 N–H and O–H groups in total. The van der Waals surface area contributed by atoms with E-state index in [0.717, 1.165) is 25.1 Å². The van der Waals surface area contributed by atoms with Crippen LogP contribution in [0.15, 0.2) is 66.0 Å². The number of thiophene rings is 1. The van der Waals surface area contributed by atoms with Crippen LogP contribution in [-0.4, -0.2) is 29.8 Å².